The van der Waals surface area contributed by atoms with Crippen LogP contribution in [0, 0.1) is 0 Å². The van der Waals surface area contributed by atoms with E-state index in [9.17, 15) is 14.7 Å². The fourth-order valence-electron chi connectivity index (χ4n) is 5.34. The van der Waals surface area contributed by atoms with E-state index in [1.54, 1.807) is 6.07 Å². The number of rotatable bonds is 12. The summed E-state index contributed by atoms with van der Waals surface area (Å²) in [7, 11) is 0. The molecular weight excluding hydrogens is 520 g/mol. The van der Waals surface area contributed by atoms with Crippen LogP contribution in [0.25, 0.3) is 10.2 Å². The number of benzene rings is 2. The number of phenolic OH excluding ortho intramolecular Hbond substituents is 1. The number of aryl methyl sites for hydroxylation is 1. The third-order valence-electron chi connectivity index (χ3n) is 7.48. The Hall–Kier alpha value is -2.39. The summed E-state index contributed by atoms with van der Waals surface area (Å²) < 4.78 is 0.805. The van der Waals surface area contributed by atoms with Gasteiger partial charge in [-0.25, -0.2) is 0 Å². The summed E-state index contributed by atoms with van der Waals surface area (Å²) in [6, 6.07) is 11.4. The van der Waals surface area contributed by atoms with Crippen molar-refractivity contribution in [1.29, 1.82) is 0 Å². The highest BCUT2D eigenvalue weighted by molar-refractivity contribution is 7.16. The lowest BCUT2D eigenvalue weighted by molar-refractivity contribution is -0.134. The number of phenols is 1. The summed E-state index contributed by atoms with van der Waals surface area (Å²) in [4.78, 5) is 29.8. The molecule has 5 N–H and O–H groups in total. The lowest BCUT2D eigenvalue weighted by Gasteiger charge is -2.32. The molecule has 9 heteroatoms. The number of carbonyl (C=O) groups is 1. The standard InChI is InChI=1S/C29H39ClN4O3S/c30-22-11-7-20(8-12-22)9-13-23(31)19-26(36)34(24-5-3-1-2-4-6-24)18-17-32-16-15-21-10-14-25(35)27-28(21)38-29(37)33-27/h7-8,10-12,14,23-24,32,35H,1-6,9,13,15-19,31H2,(H,33,37). The monoisotopic (exact) mass is 558 g/mol. The number of halogens is 1. The Bertz CT molecular complexity index is 1230. The molecule has 2 aromatic carbocycles. The molecule has 1 aliphatic rings. The Kier molecular flexibility index (Phi) is 10.6. The minimum absolute atomic E-state index is 0.0963. The molecule has 1 atom stereocenters. The number of aromatic hydroxyl groups is 1. The molecule has 0 bridgehead atoms. The van der Waals surface area contributed by atoms with Gasteiger partial charge < -0.3 is 26.0 Å². The summed E-state index contributed by atoms with van der Waals surface area (Å²) in [6.45, 7) is 2.09. The molecule has 0 aliphatic heterocycles. The largest absolute Gasteiger partial charge is 0.506 e. The Labute approximate surface area is 233 Å². The first-order chi connectivity index (χ1) is 18.4. The SMILES string of the molecule is NC(CCc1ccc(Cl)cc1)CC(=O)N(CCNCCc1ccc(O)c2[nH]c(=O)sc12)C1CCCCCC1. The van der Waals surface area contributed by atoms with E-state index < -0.39 is 0 Å². The zero-order valence-electron chi connectivity index (χ0n) is 21.9. The van der Waals surface area contributed by atoms with Crippen molar-refractivity contribution in [2.24, 2.45) is 5.73 Å². The molecule has 4 rings (SSSR count). The van der Waals surface area contributed by atoms with Gasteiger partial charge >= 0.3 is 4.87 Å². The van der Waals surface area contributed by atoms with Gasteiger partial charge in [-0.2, -0.15) is 0 Å². The average molecular weight is 559 g/mol. The summed E-state index contributed by atoms with van der Waals surface area (Å²) in [5, 5.41) is 14.2. The van der Waals surface area contributed by atoms with Crippen molar-refractivity contribution < 1.29 is 9.90 Å². The third-order valence-corrected chi connectivity index (χ3v) is 8.69. The number of aromatic amines is 1. The van der Waals surface area contributed by atoms with E-state index in [1.165, 1.54) is 31.2 Å². The van der Waals surface area contributed by atoms with Crippen LogP contribution in [0.5, 0.6) is 5.75 Å². The molecule has 1 unspecified atom stereocenters. The molecule has 206 valence electrons. The number of nitrogens with zero attached hydrogens (tertiary/aromatic N) is 1. The highest BCUT2D eigenvalue weighted by Crippen LogP contribution is 2.28. The van der Waals surface area contributed by atoms with Crippen LogP contribution >= 0.6 is 22.9 Å². The van der Waals surface area contributed by atoms with Crippen molar-refractivity contribution in [3.8, 4) is 5.75 Å². The molecule has 38 heavy (non-hydrogen) atoms. The van der Waals surface area contributed by atoms with E-state index >= 15 is 0 Å². The van der Waals surface area contributed by atoms with Gasteiger partial charge in [0.1, 0.15) is 11.3 Å². The topological polar surface area (TPSA) is 111 Å². The van der Waals surface area contributed by atoms with Crippen LogP contribution in [0.1, 0.15) is 62.5 Å². The van der Waals surface area contributed by atoms with E-state index in [0.717, 1.165) is 65.3 Å². The normalized spacial score (nSPS) is 15.4. The summed E-state index contributed by atoms with van der Waals surface area (Å²) >= 11 is 7.11. The number of amides is 1. The van der Waals surface area contributed by atoms with Crippen LogP contribution in [-0.2, 0) is 17.6 Å². The quantitative estimate of drug-likeness (QED) is 0.185. The number of nitrogens with two attached hydrogens (primary N) is 1. The van der Waals surface area contributed by atoms with Crippen molar-refractivity contribution in [2.75, 3.05) is 19.6 Å². The fraction of sp³-hybridized carbons (Fsp3) is 0.517. The van der Waals surface area contributed by atoms with Crippen LogP contribution in [0.2, 0.25) is 5.02 Å². The Morgan fingerprint density at radius 2 is 1.84 bits per heavy atom. The predicted octanol–water partition coefficient (Wildman–Crippen LogP) is 4.98. The number of hydrogen-bond acceptors (Lipinski definition) is 6. The number of fused-ring (bicyclic) bond motifs is 1. The molecule has 1 aliphatic carbocycles. The van der Waals surface area contributed by atoms with E-state index in [1.807, 2.05) is 30.3 Å². The van der Waals surface area contributed by atoms with Gasteiger partial charge in [-0.1, -0.05) is 66.8 Å². The fourth-order valence-corrected chi connectivity index (χ4v) is 6.37. The Morgan fingerprint density at radius 1 is 1.11 bits per heavy atom. The van der Waals surface area contributed by atoms with Crippen LogP contribution in [-0.4, -0.2) is 52.6 Å². The number of nitrogens with one attached hydrogen (secondary N) is 2. The van der Waals surface area contributed by atoms with Crippen molar-refractivity contribution in [2.45, 2.75) is 76.3 Å². The van der Waals surface area contributed by atoms with E-state index in [0.29, 0.717) is 25.0 Å². The van der Waals surface area contributed by atoms with Gasteiger partial charge in [-0.15, -0.1) is 0 Å². The Morgan fingerprint density at radius 3 is 2.58 bits per heavy atom. The third kappa shape index (κ3) is 8.06. The molecule has 0 radical (unpaired) electrons. The maximum Gasteiger partial charge on any atom is 0.305 e. The van der Waals surface area contributed by atoms with E-state index in [2.05, 4.69) is 15.2 Å². The number of aromatic nitrogens is 1. The van der Waals surface area contributed by atoms with Crippen LogP contribution < -0.4 is 15.9 Å². The number of carbonyl (C=O) groups excluding carboxylic acids is 1. The van der Waals surface area contributed by atoms with E-state index in [-0.39, 0.29) is 28.6 Å². The molecule has 1 saturated carbocycles. The molecule has 1 fully saturated rings. The minimum atomic E-state index is -0.176. The number of hydrogen-bond donors (Lipinski definition) is 4. The van der Waals surface area contributed by atoms with Gasteiger partial charge in [0.15, 0.2) is 0 Å². The second-order valence-electron chi connectivity index (χ2n) is 10.3. The molecule has 0 spiro atoms. The second-order valence-corrected chi connectivity index (χ2v) is 11.7. The minimum Gasteiger partial charge on any atom is -0.506 e. The smallest absolute Gasteiger partial charge is 0.305 e. The lowest BCUT2D eigenvalue weighted by atomic mass is 10.0. The van der Waals surface area contributed by atoms with Gasteiger partial charge in [0, 0.05) is 36.6 Å². The summed E-state index contributed by atoms with van der Waals surface area (Å²) in [5.74, 6) is 0.249. The molecule has 7 nitrogen and oxygen atoms in total. The summed E-state index contributed by atoms with van der Waals surface area (Å²) in [6.07, 6.45) is 9.62. The number of H-pyrrole nitrogens is 1. The first kappa shape index (κ1) is 28.6. The first-order valence-corrected chi connectivity index (χ1v) is 14.9. The Balaban J connectivity index is 1.29. The molecule has 1 aromatic heterocycles. The molecule has 1 heterocycles. The van der Waals surface area contributed by atoms with Gasteiger partial charge in [0.2, 0.25) is 5.91 Å². The molecule has 0 saturated heterocycles. The zero-order valence-corrected chi connectivity index (χ0v) is 23.5. The number of thiazole rings is 1. The van der Waals surface area contributed by atoms with Gasteiger partial charge in [0.05, 0.1) is 4.70 Å². The zero-order chi connectivity index (χ0) is 26.9. The second kappa shape index (κ2) is 14.1. The van der Waals surface area contributed by atoms with Gasteiger partial charge in [-0.05, 0) is 68.0 Å². The molecule has 3 aromatic rings. The summed E-state index contributed by atoms with van der Waals surface area (Å²) in [5.41, 5.74) is 9.13. The molecular formula is C29H39ClN4O3S. The molecule has 1 amide bonds. The van der Waals surface area contributed by atoms with Crippen LogP contribution in [0.3, 0.4) is 0 Å². The van der Waals surface area contributed by atoms with Gasteiger partial charge in [0.25, 0.3) is 0 Å². The average Bonchev–Trinajstić information content (AvgIpc) is 3.11. The van der Waals surface area contributed by atoms with Gasteiger partial charge in [-0.3, -0.25) is 9.59 Å². The van der Waals surface area contributed by atoms with Crippen LogP contribution in [0.4, 0.5) is 0 Å². The van der Waals surface area contributed by atoms with Crippen LogP contribution in [0.15, 0.2) is 41.2 Å². The van der Waals surface area contributed by atoms with Crippen molar-refractivity contribution in [3.63, 3.8) is 0 Å². The lowest BCUT2D eigenvalue weighted by Crippen LogP contribution is -2.45. The van der Waals surface area contributed by atoms with Crippen molar-refractivity contribution >= 4 is 39.1 Å². The van der Waals surface area contributed by atoms with Crippen molar-refractivity contribution in [1.82, 2.24) is 15.2 Å². The predicted molar refractivity (Wildman–Crippen MR) is 156 cm³/mol. The first-order valence-electron chi connectivity index (χ1n) is 13.7. The highest BCUT2D eigenvalue weighted by Gasteiger charge is 2.25. The maximum atomic E-state index is 13.4. The van der Waals surface area contributed by atoms with E-state index in [4.69, 9.17) is 17.3 Å². The maximum absolute atomic E-state index is 13.4. The highest BCUT2D eigenvalue weighted by atomic mass is 35.5. The van der Waals surface area contributed by atoms with Crippen molar-refractivity contribution in [3.05, 3.63) is 62.2 Å².